The van der Waals surface area contributed by atoms with Crippen molar-refractivity contribution in [2.75, 3.05) is 13.7 Å². The van der Waals surface area contributed by atoms with E-state index in [9.17, 15) is 35.4 Å². The van der Waals surface area contributed by atoms with Crippen LogP contribution >= 0.6 is 0 Å². The molecule has 3 aliphatic heterocycles. The molecule has 0 aromatic heterocycles. The van der Waals surface area contributed by atoms with Crippen LogP contribution in [0.15, 0.2) is 0 Å². The van der Waals surface area contributed by atoms with E-state index in [4.69, 9.17) is 46.6 Å². The maximum Gasteiger partial charge on any atom is 0.237 e. The molecule has 18 heteroatoms. The summed E-state index contributed by atoms with van der Waals surface area (Å²) in [6.07, 6.45) is -14.7. The zero-order valence-electron chi connectivity index (χ0n) is 23.5. The molecule has 16 N–H and O–H groups in total. The van der Waals surface area contributed by atoms with Gasteiger partial charge in [-0.3, -0.25) is 4.79 Å². The maximum absolute atomic E-state index is 12.1. The lowest BCUT2D eigenvalue weighted by Gasteiger charge is -2.51. The minimum absolute atomic E-state index is 0.115. The first-order valence-electron chi connectivity index (χ1n) is 14.1. The second kappa shape index (κ2) is 13.9. The number of hydrogen-bond donors (Lipinski definition) is 12. The van der Waals surface area contributed by atoms with Crippen LogP contribution in [0, 0.1) is 0 Å². The van der Waals surface area contributed by atoms with E-state index < -0.39 is 123 Å². The first-order chi connectivity index (χ1) is 19.8. The number of fused-ring (bicyclic) bond motifs is 1. The van der Waals surface area contributed by atoms with Crippen molar-refractivity contribution >= 4 is 5.91 Å². The topological polar surface area (TPSA) is 313 Å². The number of carbonyl (C=O) groups is 1. The number of nitrogens with two attached hydrogens (primary N) is 4. The summed E-state index contributed by atoms with van der Waals surface area (Å²) < 4.78 is 29.5. The molecule has 0 radical (unpaired) electrons. The Bertz CT molecular complexity index is 906. The van der Waals surface area contributed by atoms with Crippen LogP contribution in [0.3, 0.4) is 0 Å². The highest BCUT2D eigenvalue weighted by atomic mass is 16.8. The molecule has 1 amide bonds. The van der Waals surface area contributed by atoms with Gasteiger partial charge >= 0.3 is 0 Å². The number of nitrogens with one attached hydrogen (secondary N) is 2. The van der Waals surface area contributed by atoms with Gasteiger partial charge in [0.15, 0.2) is 18.9 Å². The summed E-state index contributed by atoms with van der Waals surface area (Å²) in [5, 5.41) is 68.5. The Kier molecular flexibility index (Phi) is 11.1. The number of amides is 1. The van der Waals surface area contributed by atoms with Gasteiger partial charge in [0.1, 0.15) is 42.7 Å². The van der Waals surface area contributed by atoms with E-state index in [1.807, 2.05) is 0 Å². The smallest absolute Gasteiger partial charge is 0.237 e. The molecule has 244 valence electrons. The fourth-order valence-electron chi connectivity index (χ4n) is 5.90. The van der Waals surface area contributed by atoms with Gasteiger partial charge in [-0.25, -0.2) is 0 Å². The molecule has 42 heavy (non-hydrogen) atoms. The van der Waals surface area contributed by atoms with Crippen molar-refractivity contribution < 1.29 is 59.1 Å². The van der Waals surface area contributed by atoms with Crippen LogP contribution in [-0.2, 0) is 28.5 Å². The highest BCUT2D eigenvalue weighted by Crippen LogP contribution is 2.35. The fourth-order valence-corrected chi connectivity index (χ4v) is 5.90. The van der Waals surface area contributed by atoms with Gasteiger partial charge in [-0.05, 0) is 26.8 Å². The van der Waals surface area contributed by atoms with Crippen molar-refractivity contribution in [3.05, 3.63) is 0 Å². The molecule has 0 spiro atoms. The number of likely N-dealkylation sites (N-methyl/N-ethyl adjacent to an activating group) is 1. The summed E-state index contributed by atoms with van der Waals surface area (Å²) in [6, 6.07) is -5.26. The zero-order valence-corrected chi connectivity index (χ0v) is 23.5. The van der Waals surface area contributed by atoms with Gasteiger partial charge in [-0.2, -0.15) is 0 Å². The molecule has 1 aliphatic carbocycles. The van der Waals surface area contributed by atoms with E-state index in [1.165, 1.54) is 14.0 Å². The van der Waals surface area contributed by atoms with Crippen LogP contribution in [0.25, 0.3) is 0 Å². The Morgan fingerprint density at radius 1 is 0.833 bits per heavy atom. The predicted molar refractivity (Wildman–Crippen MR) is 141 cm³/mol. The van der Waals surface area contributed by atoms with E-state index in [0.29, 0.717) is 0 Å². The minimum atomic E-state index is -1.68. The van der Waals surface area contributed by atoms with Crippen LogP contribution in [-0.4, -0.2) is 160 Å². The van der Waals surface area contributed by atoms with Crippen LogP contribution in [0.1, 0.15) is 19.8 Å². The molecule has 0 aromatic rings. The lowest BCUT2D eigenvalue weighted by molar-refractivity contribution is -0.373. The van der Waals surface area contributed by atoms with Gasteiger partial charge < -0.3 is 87.9 Å². The molecule has 4 fully saturated rings. The van der Waals surface area contributed by atoms with Gasteiger partial charge in [0.2, 0.25) is 5.91 Å². The van der Waals surface area contributed by atoms with Crippen LogP contribution in [0.4, 0.5) is 0 Å². The zero-order chi connectivity index (χ0) is 31.0. The summed E-state index contributed by atoms with van der Waals surface area (Å²) in [5.41, 5.74) is 23.8. The predicted octanol–water partition coefficient (Wildman–Crippen LogP) is -7.44. The summed E-state index contributed by atoms with van der Waals surface area (Å²) in [5.74, 6) is -0.622. The first kappa shape index (κ1) is 33.7. The van der Waals surface area contributed by atoms with Crippen molar-refractivity contribution in [1.82, 2.24) is 10.6 Å². The molecule has 10 unspecified atom stereocenters. The van der Waals surface area contributed by atoms with Gasteiger partial charge in [-0.1, -0.05) is 0 Å². The van der Waals surface area contributed by atoms with E-state index in [2.05, 4.69) is 10.6 Å². The monoisotopic (exact) mass is 610 g/mol. The Labute approximate surface area is 242 Å². The second-order valence-electron chi connectivity index (χ2n) is 11.5. The third-order valence-electron chi connectivity index (χ3n) is 8.41. The van der Waals surface area contributed by atoms with Gasteiger partial charge in [0, 0.05) is 12.1 Å². The first-order valence-corrected chi connectivity index (χ1v) is 14.1. The SMILES string of the molecule is CNC1C(O[C@H]2OC(CO)[C@@H](NC(=O)[C@H](C)N)C(O)C2O)O[C@H]2CC(N)[C@@H](O[C@@H]3C(N)C[C@@H](N)C(O)[C@H]3O)OC2C1O. The Morgan fingerprint density at radius 3 is 2.14 bits per heavy atom. The largest absolute Gasteiger partial charge is 0.394 e. The molecule has 1 saturated carbocycles. The number of rotatable bonds is 8. The second-order valence-corrected chi connectivity index (χ2v) is 11.5. The molecule has 0 bridgehead atoms. The van der Waals surface area contributed by atoms with Crippen LogP contribution in [0.5, 0.6) is 0 Å². The third-order valence-corrected chi connectivity index (χ3v) is 8.41. The average Bonchev–Trinajstić information content (AvgIpc) is 2.94. The number of aliphatic hydroxyl groups is 6. The number of aliphatic hydroxyl groups excluding tert-OH is 6. The van der Waals surface area contributed by atoms with Gasteiger partial charge in [0.05, 0.1) is 43.0 Å². The quantitative estimate of drug-likeness (QED) is 0.121. The number of hydrogen-bond acceptors (Lipinski definition) is 17. The fraction of sp³-hybridized carbons (Fsp3) is 0.958. The van der Waals surface area contributed by atoms with Gasteiger partial charge in [-0.15, -0.1) is 0 Å². The van der Waals surface area contributed by atoms with Crippen molar-refractivity contribution in [2.45, 2.75) is 130 Å². The molecule has 4 rings (SSSR count). The van der Waals surface area contributed by atoms with E-state index in [1.54, 1.807) is 0 Å². The van der Waals surface area contributed by atoms with Crippen LogP contribution in [0.2, 0.25) is 0 Å². The summed E-state index contributed by atoms with van der Waals surface area (Å²) >= 11 is 0. The summed E-state index contributed by atoms with van der Waals surface area (Å²) in [4.78, 5) is 12.1. The normalized spacial score (nSPS) is 50.5. The molecule has 18 atom stereocenters. The number of ether oxygens (including phenoxy) is 5. The van der Waals surface area contributed by atoms with E-state index in [0.717, 1.165) is 0 Å². The molecule has 4 aliphatic rings. The third kappa shape index (κ3) is 6.74. The molecular weight excluding hydrogens is 564 g/mol. The van der Waals surface area contributed by atoms with E-state index in [-0.39, 0.29) is 12.8 Å². The maximum atomic E-state index is 12.1. The molecule has 0 aromatic carbocycles. The lowest BCUT2D eigenvalue weighted by Crippen LogP contribution is -2.70. The van der Waals surface area contributed by atoms with Gasteiger partial charge in [0.25, 0.3) is 0 Å². The minimum Gasteiger partial charge on any atom is -0.394 e. The molecular formula is C24H46N6O12. The summed E-state index contributed by atoms with van der Waals surface area (Å²) in [6.45, 7) is 0.802. The lowest BCUT2D eigenvalue weighted by atomic mass is 9.84. The average molecular weight is 611 g/mol. The van der Waals surface area contributed by atoms with Crippen LogP contribution < -0.4 is 33.6 Å². The Hall–Kier alpha value is -1.17. The molecule has 3 saturated heterocycles. The molecule has 18 nitrogen and oxygen atoms in total. The molecule has 3 heterocycles. The van der Waals surface area contributed by atoms with Crippen molar-refractivity contribution in [3.63, 3.8) is 0 Å². The highest BCUT2D eigenvalue weighted by molar-refractivity contribution is 5.81. The van der Waals surface area contributed by atoms with E-state index >= 15 is 0 Å². The van der Waals surface area contributed by atoms with Crippen molar-refractivity contribution in [2.24, 2.45) is 22.9 Å². The summed E-state index contributed by atoms with van der Waals surface area (Å²) in [7, 11) is 1.53. The Morgan fingerprint density at radius 2 is 1.52 bits per heavy atom. The number of carbonyl (C=O) groups excluding carboxylic acids is 1. The van der Waals surface area contributed by atoms with Crippen molar-refractivity contribution in [1.29, 1.82) is 0 Å². The van der Waals surface area contributed by atoms with Crippen molar-refractivity contribution in [3.8, 4) is 0 Å². The highest BCUT2D eigenvalue weighted by Gasteiger charge is 2.54. The Balaban J connectivity index is 1.42. The standard InChI is InChI=1S/C24H46N6O12/c1-6(25)21(37)30-12-11(5-31)39-24(18(36)15(12)33)42-23-13(29-2)16(34)20-10(38-23)4-9(28)22(41-20)40-19-8(27)3-7(26)14(32)17(19)35/h6-20,22-24,29,31-36H,3-5,25-28H2,1-2H3,(H,30,37)/t6-,7+,8?,9?,10-,11?,12+,13?,14?,15?,16?,17+,18?,19+,20?,22-,23?,24+/m0/s1.